The van der Waals surface area contributed by atoms with Crippen molar-refractivity contribution >= 4 is 22.5 Å². The highest BCUT2D eigenvalue weighted by Crippen LogP contribution is 2.31. The summed E-state index contributed by atoms with van der Waals surface area (Å²) in [5.41, 5.74) is 5.61. The van der Waals surface area contributed by atoms with Crippen LogP contribution in [0, 0.1) is 11.7 Å². The molecule has 1 N–H and O–H groups in total. The molecule has 4 nitrogen and oxygen atoms in total. The maximum Gasteiger partial charge on any atom is 0.226 e. The number of amides is 1. The Hall–Kier alpha value is -3.44. The maximum absolute atomic E-state index is 13.3. The molecule has 3 aromatic carbocycles. The van der Waals surface area contributed by atoms with Crippen LogP contribution >= 0.6 is 0 Å². The normalized spacial score (nSPS) is 15.1. The van der Waals surface area contributed by atoms with E-state index in [1.807, 2.05) is 32.2 Å². The molecule has 1 fully saturated rings. The molecule has 4 aromatic rings. The second-order valence-electron chi connectivity index (χ2n) is 9.88. The maximum atomic E-state index is 13.3. The Labute approximate surface area is 206 Å². The fraction of sp³-hybridized carbons (Fsp3) is 0.300. The van der Waals surface area contributed by atoms with E-state index >= 15 is 0 Å². The lowest BCUT2D eigenvalue weighted by Crippen LogP contribution is -2.32. The first-order valence-corrected chi connectivity index (χ1v) is 12.5. The molecule has 5 rings (SSSR count). The second kappa shape index (κ2) is 10.0. The van der Waals surface area contributed by atoms with Crippen LogP contribution in [0.1, 0.15) is 43.7 Å². The van der Waals surface area contributed by atoms with E-state index in [1.165, 1.54) is 28.6 Å². The van der Waals surface area contributed by atoms with Crippen LogP contribution in [0.2, 0.25) is 0 Å². The summed E-state index contributed by atoms with van der Waals surface area (Å²) < 4.78 is 15.4. The van der Waals surface area contributed by atoms with Crippen LogP contribution in [0.4, 0.5) is 10.1 Å². The Morgan fingerprint density at radius 1 is 1.00 bits per heavy atom. The van der Waals surface area contributed by atoms with Gasteiger partial charge < -0.3 is 9.88 Å². The van der Waals surface area contributed by atoms with Gasteiger partial charge in [-0.3, -0.25) is 9.69 Å². The van der Waals surface area contributed by atoms with Crippen LogP contribution in [-0.4, -0.2) is 28.5 Å². The van der Waals surface area contributed by atoms with E-state index < -0.39 is 0 Å². The third kappa shape index (κ3) is 5.30. The first kappa shape index (κ1) is 23.3. The zero-order valence-corrected chi connectivity index (χ0v) is 20.4. The van der Waals surface area contributed by atoms with E-state index in [9.17, 15) is 9.18 Å². The van der Waals surface area contributed by atoms with Crippen LogP contribution in [0.3, 0.4) is 0 Å². The molecule has 180 valence electrons. The van der Waals surface area contributed by atoms with Gasteiger partial charge in [0.1, 0.15) is 5.82 Å². The molecule has 0 radical (unpaired) electrons. The van der Waals surface area contributed by atoms with Crippen molar-refractivity contribution in [2.24, 2.45) is 5.92 Å². The smallest absolute Gasteiger partial charge is 0.226 e. The summed E-state index contributed by atoms with van der Waals surface area (Å²) >= 11 is 0. The van der Waals surface area contributed by atoms with E-state index in [2.05, 4.69) is 51.2 Å². The molecule has 35 heavy (non-hydrogen) atoms. The molecule has 1 aromatic heterocycles. The predicted octanol–water partition coefficient (Wildman–Crippen LogP) is 6.74. The third-order valence-electron chi connectivity index (χ3n) is 7.00. The van der Waals surface area contributed by atoms with Crippen molar-refractivity contribution < 1.29 is 9.18 Å². The summed E-state index contributed by atoms with van der Waals surface area (Å²) in [6.07, 6.45) is 4.28. The molecule has 2 heterocycles. The molecule has 0 bridgehead atoms. The van der Waals surface area contributed by atoms with Crippen LogP contribution in [0.5, 0.6) is 0 Å². The number of nitrogens with one attached hydrogen (secondary N) is 1. The lowest BCUT2D eigenvalue weighted by molar-refractivity contribution is -0.118. The van der Waals surface area contributed by atoms with Gasteiger partial charge in [0.2, 0.25) is 5.91 Å². The summed E-state index contributed by atoms with van der Waals surface area (Å²) in [5, 5.41) is 4.22. The van der Waals surface area contributed by atoms with Crippen LogP contribution < -0.4 is 5.32 Å². The molecule has 5 heteroatoms. The van der Waals surface area contributed by atoms with E-state index in [1.54, 1.807) is 12.1 Å². The number of piperidine rings is 1. The van der Waals surface area contributed by atoms with Crippen molar-refractivity contribution in [3.63, 3.8) is 0 Å². The molecule has 1 saturated heterocycles. The van der Waals surface area contributed by atoms with Gasteiger partial charge in [0, 0.05) is 35.4 Å². The van der Waals surface area contributed by atoms with Crippen molar-refractivity contribution in [2.45, 2.75) is 39.2 Å². The monoisotopic (exact) mass is 469 g/mol. The molecular formula is C30H32FN3O. The average molecular weight is 470 g/mol. The Morgan fingerprint density at radius 2 is 1.77 bits per heavy atom. The van der Waals surface area contributed by atoms with Crippen molar-refractivity contribution in [1.29, 1.82) is 0 Å². The minimum Gasteiger partial charge on any atom is -0.326 e. The van der Waals surface area contributed by atoms with Gasteiger partial charge >= 0.3 is 0 Å². The number of likely N-dealkylation sites (tertiary alicyclic amines) is 1. The predicted molar refractivity (Wildman–Crippen MR) is 140 cm³/mol. The third-order valence-corrected chi connectivity index (χ3v) is 7.00. The van der Waals surface area contributed by atoms with E-state index in [0.717, 1.165) is 49.4 Å². The second-order valence-corrected chi connectivity index (χ2v) is 9.88. The van der Waals surface area contributed by atoms with Crippen LogP contribution in [0.25, 0.3) is 16.6 Å². The van der Waals surface area contributed by atoms with Crippen LogP contribution in [0.15, 0.2) is 79.0 Å². The van der Waals surface area contributed by atoms with Gasteiger partial charge in [-0.2, -0.15) is 0 Å². The number of rotatable bonds is 6. The van der Waals surface area contributed by atoms with Crippen molar-refractivity contribution in [3.8, 4) is 5.69 Å². The fourth-order valence-corrected chi connectivity index (χ4v) is 4.96. The van der Waals surface area contributed by atoms with E-state index in [4.69, 9.17) is 0 Å². The Kier molecular flexibility index (Phi) is 6.69. The average Bonchev–Trinajstić information content (AvgIpc) is 3.28. The number of nitrogens with zero attached hydrogens (tertiary/aromatic N) is 2. The zero-order chi connectivity index (χ0) is 24.4. The number of halogens is 1. The Balaban J connectivity index is 1.21. The molecular weight excluding hydrogens is 437 g/mol. The summed E-state index contributed by atoms with van der Waals surface area (Å²) in [6, 6.07) is 23.7. The first-order valence-electron chi connectivity index (χ1n) is 12.5. The molecule has 0 unspecified atom stereocenters. The minimum absolute atomic E-state index is 0.0254. The summed E-state index contributed by atoms with van der Waals surface area (Å²) in [5.74, 6) is 0.334. The van der Waals surface area contributed by atoms with Gasteiger partial charge in [-0.05, 0) is 97.6 Å². The SMILES string of the molecule is CC(C)C(=O)Nc1cccc(C2CCN(Cc3ccc4c(ccn4-c4ccc(F)cc4)c3)CC2)c1. The number of carbonyl (C=O) groups excluding carboxylic acids is 1. The first-order chi connectivity index (χ1) is 17.0. The van der Waals surface area contributed by atoms with Crippen molar-refractivity contribution in [3.05, 3.63) is 95.9 Å². The summed E-state index contributed by atoms with van der Waals surface area (Å²) in [6.45, 7) is 6.88. The number of hydrogen-bond acceptors (Lipinski definition) is 2. The Morgan fingerprint density at radius 3 is 2.51 bits per heavy atom. The van der Waals surface area contributed by atoms with Crippen molar-refractivity contribution in [1.82, 2.24) is 9.47 Å². The Bertz CT molecular complexity index is 1320. The van der Waals surface area contributed by atoms with Crippen LogP contribution in [-0.2, 0) is 11.3 Å². The molecule has 0 saturated carbocycles. The number of anilines is 1. The lowest BCUT2D eigenvalue weighted by Gasteiger charge is -2.32. The van der Waals surface area contributed by atoms with Crippen molar-refractivity contribution in [2.75, 3.05) is 18.4 Å². The number of carbonyl (C=O) groups is 1. The molecule has 1 amide bonds. The standard InChI is InChI=1S/C30H32FN3O/c1-21(2)30(35)32-27-5-3-4-24(19-27)23-12-15-33(16-13-23)20-22-6-11-29-25(18-22)14-17-34(29)28-9-7-26(31)8-10-28/h3-11,14,17-19,21,23H,12-13,15-16,20H2,1-2H3,(H,32,35). The molecule has 1 aliphatic rings. The highest BCUT2D eigenvalue weighted by Gasteiger charge is 2.21. The lowest BCUT2D eigenvalue weighted by atomic mass is 9.89. The molecule has 0 aliphatic carbocycles. The highest BCUT2D eigenvalue weighted by atomic mass is 19.1. The number of hydrogen-bond donors (Lipinski definition) is 1. The quantitative estimate of drug-likeness (QED) is 0.339. The van der Waals surface area contributed by atoms with Gasteiger partial charge in [0.15, 0.2) is 0 Å². The largest absolute Gasteiger partial charge is 0.326 e. The highest BCUT2D eigenvalue weighted by molar-refractivity contribution is 5.92. The van der Waals surface area contributed by atoms with Gasteiger partial charge in [0.25, 0.3) is 0 Å². The van der Waals surface area contributed by atoms with Gasteiger partial charge in [-0.1, -0.05) is 32.0 Å². The van der Waals surface area contributed by atoms with E-state index in [-0.39, 0.29) is 17.6 Å². The molecule has 0 atom stereocenters. The number of fused-ring (bicyclic) bond motifs is 1. The topological polar surface area (TPSA) is 37.3 Å². The number of benzene rings is 3. The molecule has 0 spiro atoms. The zero-order valence-electron chi connectivity index (χ0n) is 20.4. The van der Waals surface area contributed by atoms with Gasteiger partial charge in [-0.15, -0.1) is 0 Å². The summed E-state index contributed by atoms with van der Waals surface area (Å²) in [4.78, 5) is 14.6. The van der Waals surface area contributed by atoms with Gasteiger partial charge in [-0.25, -0.2) is 4.39 Å². The minimum atomic E-state index is -0.220. The van der Waals surface area contributed by atoms with E-state index in [0.29, 0.717) is 5.92 Å². The fourth-order valence-electron chi connectivity index (χ4n) is 4.96. The van der Waals surface area contributed by atoms with Gasteiger partial charge in [0.05, 0.1) is 5.52 Å². The molecule has 1 aliphatic heterocycles. The summed E-state index contributed by atoms with van der Waals surface area (Å²) in [7, 11) is 0. The number of aromatic nitrogens is 1.